The highest BCUT2D eigenvalue weighted by atomic mass is 19.4. The number of nitrogens with one attached hydrogen (secondary N) is 2. The van der Waals surface area contributed by atoms with Crippen LogP contribution in [0.1, 0.15) is 12.8 Å². The number of azide groups is 1. The van der Waals surface area contributed by atoms with Crippen molar-refractivity contribution in [3.05, 3.63) is 10.4 Å². The van der Waals surface area contributed by atoms with Crippen molar-refractivity contribution in [1.82, 2.24) is 10.6 Å². The maximum Gasteiger partial charge on any atom is 0.405 e. The number of hydrogen-bond acceptors (Lipinski definition) is 2. The third kappa shape index (κ3) is 10.5. The van der Waals surface area contributed by atoms with E-state index in [0.717, 1.165) is 0 Å². The summed E-state index contributed by atoms with van der Waals surface area (Å²) in [6.45, 7) is -0.801. The zero-order valence-corrected chi connectivity index (χ0v) is 8.42. The number of carbonyl (C=O) groups is 1. The van der Waals surface area contributed by atoms with E-state index in [4.69, 9.17) is 5.53 Å². The average Bonchev–Trinajstić information content (AvgIpc) is 2.19. The minimum atomic E-state index is -4.40. The number of hydrogen-bond donors (Lipinski definition) is 2. The van der Waals surface area contributed by atoms with Crippen molar-refractivity contribution in [3.8, 4) is 0 Å². The smallest absolute Gasteiger partial charge is 0.338 e. The number of carbonyl (C=O) groups excluding carboxylic acids is 1. The first-order chi connectivity index (χ1) is 7.45. The Morgan fingerprint density at radius 3 is 2.56 bits per heavy atom. The minimum Gasteiger partial charge on any atom is -0.338 e. The summed E-state index contributed by atoms with van der Waals surface area (Å²) in [4.78, 5) is 13.3. The summed E-state index contributed by atoms with van der Waals surface area (Å²) < 4.78 is 35.0. The maximum atomic E-state index is 11.7. The molecule has 0 fully saturated rings. The molecule has 6 nitrogen and oxygen atoms in total. The summed E-state index contributed by atoms with van der Waals surface area (Å²) in [7, 11) is 0. The van der Waals surface area contributed by atoms with Gasteiger partial charge in [-0.1, -0.05) is 5.11 Å². The van der Waals surface area contributed by atoms with Gasteiger partial charge < -0.3 is 10.6 Å². The van der Waals surface area contributed by atoms with Gasteiger partial charge in [0.15, 0.2) is 0 Å². The Kier molecular flexibility index (Phi) is 6.86. The molecule has 0 aromatic heterocycles. The first-order valence-corrected chi connectivity index (χ1v) is 4.55. The van der Waals surface area contributed by atoms with Crippen LogP contribution in [-0.2, 0) is 0 Å². The van der Waals surface area contributed by atoms with Gasteiger partial charge in [0, 0.05) is 18.0 Å². The molecule has 2 amide bonds. The maximum absolute atomic E-state index is 11.7. The summed E-state index contributed by atoms with van der Waals surface area (Å²) in [5, 5.41) is 7.18. The number of unbranched alkanes of at least 4 members (excludes halogenated alkanes) is 1. The molecule has 0 aromatic rings. The van der Waals surface area contributed by atoms with E-state index >= 15 is 0 Å². The lowest BCUT2D eigenvalue weighted by atomic mass is 10.3. The third-order valence-corrected chi connectivity index (χ3v) is 1.48. The molecular formula is C7H12F3N5O. The van der Waals surface area contributed by atoms with Gasteiger partial charge >= 0.3 is 12.2 Å². The second-order valence-electron chi connectivity index (χ2n) is 2.89. The van der Waals surface area contributed by atoms with E-state index in [2.05, 4.69) is 15.3 Å². The Morgan fingerprint density at radius 2 is 2.00 bits per heavy atom. The molecule has 0 aromatic carbocycles. The zero-order valence-electron chi connectivity index (χ0n) is 8.42. The van der Waals surface area contributed by atoms with Gasteiger partial charge in [0.25, 0.3) is 0 Å². The molecule has 0 radical (unpaired) electrons. The topological polar surface area (TPSA) is 89.9 Å². The molecular weight excluding hydrogens is 227 g/mol. The van der Waals surface area contributed by atoms with Gasteiger partial charge in [-0.25, -0.2) is 4.79 Å². The third-order valence-electron chi connectivity index (χ3n) is 1.48. The van der Waals surface area contributed by atoms with E-state index in [-0.39, 0.29) is 6.54 Å². The predicted molar refractivity (Wildman–Crippen MR) is 50.7 cm³/mol. The van der Waals surface area contributed by atoms with Gasteiger partial charge in [-0.2, -0.15) is 13.2 Å². The van der Waals surface area contributed by atoms with Gasteiger partial charge in [-0.3, -0.25) is 0 Å². The highest BCUT2D eigenvalue weighted by Gasteiger charge is 2.27. The predicted octanol–water partition coefficient (Wildman–Crippen LogP) is 1.94. The van der Waals surface area contributed by atoms with Crippen LogP contribution in [0.15, 0.2) is 5.11 Å². The average molecular weight is 239 g/mol. The van der Waals surface area contributed by atoms with Gasteiger partial charge in [0.05, 0.1) is 0 Å². The largest absolute Gasteiger partial charge is 0.405 e. The van der Waals surface area contributed by atoms with E-state index < -0.39 is 18.8 Å². The van der Waals surface area contributed by atoms with E-state index in [1.54, 1.807) is 5.32 Å². The molecule has 0 unspecified atom stereocenters. The lowest BCUT2D eigenvalue weighted by Crippen LogP contribution is -2.41. The van der Waals surface area contributed by atoms with Gasteiger partial charge in [-0.05, 0) is 18.4 Å². The lowest BCUT2D eigenvalue weighted by molar-refractivity contribution is -0.122. The molecule has 0 aliphatic carbocycles. The first kappa shape index (κ1) is 14.4. The highest BCUT2D eigenvalue weighted by Crippen LogP contribution is 2.11. The molecule has 0 saturated carbocycles. The normalized spacial score (nSPS) is 10.4. The van der Waals surface area contributed by atoms with Gasteiger partial charge in [-0.15, -0.1) is 0 Å². The summed E-state index contributed by atoms with van der Waals surface area (Å²) in [6.07, 6.45) is -3.29. The molecule has 9 heteroatoms. The summed E-state index contributed by atoms with van der Waals surface area (Å²) in [5.41, 5.74) is 7.93. The number of amides is 2. The summed E-state index contributed by atoms with van der Waals surface area (Å²) >= 11 is 0. The molecule has 0 atom stereocenters. The first-order valence-electron chi connectivity index (χ1n) is 4.55. The Labute approximate surface area is 89.8 Å². The second kappa shape index (κ2) is 7.63. The van der Waals surface area contributed by atoms with Crippen LogP contribution in [0.2, 0.25) is 0 Å². The number of nitrogens with zero attached hydrogens (tertiary/aromatic N) is 3. The fraction of sp³-hybridized carbons (Fsp3) is 0.857. The van der Waals surface area contributed by atoms with Crippen molar-refractivity contribution < 1.29 is 18.0 Å². The minimum absolute atomic E-state index is 0.241. The Morgan fingerprint density at radius 1 is 1.31 bits per heavy atom. The fourth-order valence-corrected chi connectivity index (χ4v) is 0.797. The molecule has 0 aliphatic rings. The second-order valence-corrected chi connectivity index (χ2v) is 2.89. The molecule has 0 rings (SSSR count). The van der Waals surface area contributed by atoms with Crippen molar-refractivity contribution in [2.75, 3.05) is 19.6 Å². The SMILES string of the molecule is [N-]=[N+]=NCCCCNC(=O)NCC(F)(F)F. The Bertz CT molecular complexity index is 261. The van der Waals surface area contributed by atoms with Crippen molar-refractivity contribution in [3.63, 3.8) is 0 Å². The van der Waals surface area contributed by atoms with Crippen LogP contribution in [0, 0.1) is 0 Å². The Balaban J connectivity index is 3.41. The summed E-state index contributed by atoms with van der Waals surface area (Å²) in [5.74, 6) is 0. The van der Waals surface area contributed by atoms with E-state index in [1.165, 1.54) is 0 Å². The highest BCUT2D eigenvalue weighted by molar-refractivity contribution is 5.73. The van der Waals surface area contributed by atoms with Crippen LogP contribution in [-0.4, -0.2) is 31.8 Å². The van der Waals surface area contributed by atoms with E-state index in [0.29, 0.717) is 19.4 Å². The molecule has 0 aliphatic heterocycles. The number of rotatable bonds is 6. The number of halogens is 3. The molecule has 92 valence electrons. The van der Waals surface area contributed by atoms with Crippen LogP contribution in [0.3, 0.4) is 0 Å². The number of urea groups is 1. The fourth-order valence-electron chi connectivity index (χ4n) is 0.797. The van der Waals surface area contributed by atoms with Crippen LogP contribution in [0.25, 0.3) is 10.4 Å². The zero-order chi connectivity index (χ0) is 12.4. The molecule has 0 bridgehead atoms. The quantitative estimate of drug-likeness (QED) is 0.315. The summed E-state index contributed by atoms with van der Waals surface area (Å²) in [6, 6.07) is -0.860. The van der Waals surface area contributed by atoms with Gasteiger partial charge in [0.1, 0.15) is 6.54 Å². The molecule has 0 saturated heterocycles. The molecule has 0 heterocycles. The van der Waals surface area contributed by atoms with Crippen LogP contribution >= 0.6 is 0 Å². The van der Waals surface area contributed by atoms with E-state index in [1.807, 2.05) is 0 Å². The van der Waals surface area contributed by atoms with Crippen LogP contribution < -0.4 is 10.6 Å². The number of alkyl halides is 3. The lowest BCUT2D eigenvalue weighted by Gasteiger charge is -2.09. The monoisotopic (exact) mass is 239 g/mol. The Hall–Kier alpha value is -1.63. The molecule has 2 N–H and O–H groups in total. The van der Waals surface area contributed by atoms with Crippen LogP contribution in [0.4, 0.5) is 18.0 Å². The van der Waals surface area contributed by atoms with E-state index in [9.17, 15) is 18.0 Å². The van der Waals surface area contributed by atoms with Crippen molar-refractivity contribution in [2.24, 2.45) is 5.11 Å². The van der Waals surface area contributed by atoms with Crippen molar-refractivity contribution >= 4 is 6.03 Å². The van der Waals surface area contributed by atoms with Gasteiger partial charge in [0.2, 0.25) is 0 Å². The standard InChI is InChI=1S/C7H12F3N5O/c8-7(9,10)5-13-6(16)12-3-1-2-4-14-15-11/h1-5H2,(H2,12,13,16). The van der Waals surface area contributed by atoms with Crippen LogP contribution in [0.5, 0.6) is 0 Å². The molecule has 16 heavy (non-hydrogen) atoms. The van der Waals surface area contributed by atoms with Crippen molar-refractivity contribution in [2.45, 2.75) is 19.0 Å². The molecule has 0 spiro atoms. The van der Waals surface area contributed by atoms with Crippen molar-refractivity contribution in [1.29, 1.82) is 0 Å².